The second-order valence-electron chi connectivity index (χ2n) is 10.3. The lowest BCUT2D eigenvalue weighted by atomic mass is 10.1. The van der Waals surface area contributed by atoms with Crippen molar-refractivity contribution >= 4 is 59.0 Å². The Bertz CT molecular complexity index is 1690. The van der Waals surface area contributed by atoms with Crippen molar-refractivity contribution in [3.8, 4) is 0 Å². The van der Waals surface area contributed by atoms with Crippen molar-refractivity contribution in [2.24, 2.45) is 5.92 Å². The number of nitrogens with one attached hydrogen (secondary N) is 1. The molecule has 2 aliphatic rings. The van der Waals surface area contributed by atoms with Gasteiger partial charge in [0.15, 0.2) is 0 Å². The van der Waals surface area contributed by atoms with Crippen LogP contribution in [0.3, 0.4) is 0 Å². The summed E-state index contributed by atoms with van der Waals surface area (Å²) in [5, 5.41) is 18.4. The summed E-state index contributed by atoms with van der Waals surface area (Å²) in [6.45, 7) is 0.0528. The van der Waals surface area contributed by atoms with Crippen LogP contribution in [0.2, 0.25) is 0 Å². The standard InChI is InChI=1S/C26H30BrN5O8S3/c1-42(35,36)26(43(2,37)38)39-23-17(14-33)11-21(24(23)40-26)30-25-19(12-28-15-29-25)22(34)20-6-8-32(31-20)13-16-4-3-5-18(10-16)41-9-7-27/h3-6,8,10,12,15,17,21,23-24,33H,7,9,11,13-14H2,1-2H3,(H,28,29,30)/t17-,21-,23-,24+/m1/s1. The number of rotatable bonds is 12. The van der Waals surface area contributed by atoms with Gasteiger partial charge in [-0.2, -0.15) is 5.10 Å². The van der Waals surface area contributed by atoms with E-state index < -0.39 is 60.7 Å². The van der Waals surface area contributed by atoms with Crippen LogP contribution in [0.1, 0.15) is 28.0 Å². The quantitative estimate of drug-likeness (QED) is 0.157. The highest BCUT2D eigenvalue weighted by atomic mass is 79.9. The fourth-order valence-corrected chi connectivity index (χ4v) is 9.83. The zero-order valence-electron chi connectivity index (χ0n) is 23.2. The number of thioether (sulfide) groups is 1. The molecule has 3 aromatic rings. The van der Waals surface area contributed by atoms with Gasteiger partial charge in [-0.05, 0) is 30.2 Å². The number of carbonyl (C=O) groups excluding carboxylic acids is 1. The fourth-order valence-electron chi connectivity index (χ4n) is 5.28. The van der Waals surface area contributed by atoms with Gasteiger partial charge in [-0.3, -0.25) is 9.48 Å². The normalized spacial score (nSPS) is 23.3. The minimum Gasteiger partial charge on any atom is -0.396 e. The number of aromatic nitrogens is 4. The van der Waals surface area contributed by atoms with E-state index in [0.717, 1.165) is 21.5 Å². The number of sulfone groups is 2. The smallest absolute Gasteiger partial charge is 0.379 e. The molecule has 232 valence electrons. The third-order valence-electron chi connectivity index (χ3n) is 7.19. The van der Waals surface area contributed by atoms with Crippen molar-refractivity contribution in [2.45, 2.75) is 40.6 Å². The number of halogens is 1. The second kappa shape index (κ2) is 12.5. The summed E-state index contributed by atoms with van der Waals surface area (Å²) in [5.41, 5.74) is 1.29. The van der Waals surface area contributed by atoms with E-state index in [-0.39, 0.29) is 23.5 Å². The van der Waals surface area contributed by atoms with Crippen LogP contribution >= 0.6 is 27.7 Å². The van der Waals surface area contributed by atoms with Crippen molar-refractivity contribution in [3.05, 3.63) is 65.9 Å². The topological polar surface area (TPSA) is 180 Å². The largest absolute Gasteiger partial charge is 0.396 e. The van der Waals surface area contributed by atoms with Crippen LogP contribution < -0.4 is 5.32 Å². The van der Waals surface area contributed by atoms with Crippen LogP contribution in [0.25, 0.3) is 0 Å². The predicted molar refractivity (Wildman–Crippen MR) is 163 cm³/mol. The molecule has 1 saturated heterocycles. The van der Waals surface area contributed by atoms with Gasteiger partial charge in [0.25, 0.3) is 0 Å². The Morgan fingerprint density at radius 1 is 1.19 bits per heavy atom. The molecule has 43 heavy (non-hydrogen) atoms. The van der Waals surface area contributed by atoms with Crippen molar-refractivity contribution in [3.63, 3.8) is 0 Å². The number of aliphatic hydroxyl groups is 1. The Morgan fingerprint density at radius 3 is 2.63 bits per heavy atom. The fraction of sp³-hybridized carbons (Fsp3) is 0.462. The summed E-state index contributed by atoms with van der Waals surface area (Å²) >= 11 is 5.17. The van der Waals surface area contributed by atoms with E-state index in [1.807, 2.05) is 18.2 Å². The first-order chi connectivity index (χ1) is 20.4. The van der Waals surface area contributed by atoms with E-state index in [9.17, 15) is 26.7 Å². The maximum atomic E-state index is 13.5. The SMILES string of the molecule is CS(=O)(=O)C1(S(C)(=O)=O)O[C@@H]2[C@@H](CO)C[C@@H](Nc3ncncc3C(=O)c3ccn(Cc4cccc(SCCBr)c4)n3)[C@@H]2O1. The van der Waals surface area contributed by atoms with Gasteiger partial charge in [0.05, 0.1) is 24.3 Å². The van der Waals surface area contributed by atoms with E-state index in [4.69, 9.17) is 9.47 Å². The van der Waals surface area contributed by atoms with E-state index in [1.54, 1.807) is 28.7 Å². The van der Waals surface area contributed by atoms with Crippen LogP contribution in [-0.4, -0.2) is 100 Å². The Labute approximate surface area is 261 Å². The lowest BCUT2D eigenvalue weighted by Crippen LogP contribution is -2.48. The number of alkyl halides is 1. The molecule has 5 rings (SSSR count). The maximum Gasteiger partial charge on any atom is 0.379 e. The van der Waals surface area contributed by atoms with Crippen molar-refractivity contribution < 1.29 is 36.2 Å². The summed E-state index contributed by atoms with van der Waals surface area (Å²) in [6.07, 6.45) is 3.81. The number of ether oxygens (including phenoxy) is 2. The lowest BCUT2D eigenvalue weighted by molar-refractivity contribution is -0.0597. The van der Waals surface area contributed by atoms with Gasteiger partial charge in [-0.25, -0.2) is 26.8 Å². The number of carbonyl (C=O) groups is 1. The van der Waals surface area contributed by atoms with Gasteiger partial charge >= 0.3 is 4.45 Å². The second-order valence-corrected chi connectivity index (χ2v) is 16.7. The number of aliphatic hydroxyl groups excluding tert-OH is 1. The first kappa shape index (κ1) is 32.0. The van der Waals surface area contributed by atoms with Crippen LogP contribution in [0, 0.1) is 5.92 Å². The molecule has 3 heterocycles. The minimum absolute atomic E-state index is 0.0984. The summed E-state index contributed by atoms with van der Waals surface area (Å²) in [5.74, 6) is -0.0336. The van der Waals surface area contributed by atoms with Crippen molar-refractivity contribution in [2.75, 3.05) is 35.5 Å². The zero-order chi connectivity index (χ0) is 31.0. The van der Waals surface area contributed by atoms with Crippen molar-refractivity contribution in [1.82, 2.24) is 19.7 Å². The van der Waals surface area contributed by atoms with Gasteiger partial charge in [0, 0.05) is 53.4 Å². The van der Waals surface area contributed by atoms with Gasteiger partial charge in [-0.15, -0.1) is 11.8 Å². The number of fused-ring (bicyclic) bond motifs is 1. The molecule has 0 bridgehead atoms. The molecule has 2 aromatic heterocycles. The molecule has 2 N–H and O–H groups in total. The third kappa shape index (κ3) is 6.39. The van der Waals surface area contributed by atoms with Crippen LogP contribution in [0.5, 0.6) is 0 Å². The molecule has 1 aromatic carbocycles. The first-order valence-corrected chi connectivity index (χ1v) is 19.0. The number of nitrogens with zero attached hydrogens (tertiary/aromatic N) is 4. The highest BCUT2D eigenvalue weighted by Gasteiger charge is 2.67. The zero-order valence-corrected chi connectivity index (χ0v) is 27.2. The Hall–Kier alpha value is -2.41. The van der Waals surface area contributed by atoms with E-state index in [1.165, 1.54) is 12.5 Å². The monoisotopic (exact) mass is 715 g/mol. The molecule has 0 spiro atoms. The minimum atomic E-state index is -4.41. The van der Waals surface area contributed by atoms with Crippen molar-refractivity contribution in [1.29, 1.82) is 0 Å². The van der Waals surface area contributed by atoms with Gasteiger partial charge in [0.1, 0.15) is 23.9 Å². The number of ketones is 1. The number of hydrogen-bond acceptors (Lipinski definition) is 13. The molecule has 13 nitrogen and oxygen atoms in total. The average Bonchev–Trinajstić information content (AvgIpc) is 3.67. The molecule has 17 heteroatoms. The van der Waals surface area contributed by atoms with Crippen LogP contribution in [-0.2, 0) is 35.7 Å². The Morgan fingerprint density at radius 2 is 1.93 bits per heavy atom. The van der Waals surface area contributed by atoms with Gasteiger partial charge < -0.3 is 19.9 Å². The van der Waals surface area contributed by atoms with E-state index in [2.05, 4.69) is 42.4 Å². The highest BCUT2D eigenvalue weighted by Crippen LogP contribution is 2.47. The van der Waals surface area contributed by atoms with E-state index in [0.29, 0.717) is 19.1 Å². The van der Waals surface area contributed by atoms with Crippen LogP contribution in [0.15, 0.2) is 53.9 Å². The highest BCUT2D eigenvalue weighted by molar-refractivity contribution is 9.09. The molecule has 0 radical (unpaired) electrons. The molecule has 0 unspecified atom stereocenters. The van der Waals surface area contributed by atoms with Gasteiger partial charge in [0.2, 0.25) is 25.5 Å². The summed E-state index contributed by atoms with van der Waals surface area (Å²) in [7, 11) is -8.82. The van der Waals surface area contributed by atoms with Gasteiger partial charge in [-0.1, -0.05) is 28.1 Å². The number of benzene rings is 1. The molecular weight excluding hydrogens is 686 g/mol. The maximum absolute atomic E-state index is 13.5. The molecule has 1 saturated carbocycles. The molecule has 4 atom stereocenters. The molecule has 0 amide bonds. The lowest BCUT2D eigenvalue weighted by Gasteiger charge is -2.27. The average molecular weight is 717 g/mol. The summed E-state index contributed by atoms with van der Waals surface area (Å²) < 4.78 is 60.3. The Kier molecular flexibility index (Phi) is 9.33. The van der Waals surface area contributed by atoms with Crippen LogP contribution in [0.4, 0.5) is 5.82 Å². The predicted octanol–water partition coefficient (Wildman–Crippen LogP) is 1.72. The number of hydrogen-bond donors (Lipinski definition) is 2. The summed E-state index contributed by atoms with van der Waals surface area (Å²) in [6, 6.07) is 8.93. The molecule has 1 aliphatic carbocycles. The van der Waals surface area contributed by atoms with E-state index >= 15 is 0 Å². The first-order valence-electron chi connectivity index (χ1n) is 13.1. The number of anilines is 1. The molecular formula is C26H30BrN5O8S3. The third-order valence-corrected chi connectivity index (χ3v) is 13.1. The molecule has 1 aliphatic heterocycles. The Balaban J connectivity index is 1.36. The molecule has 2 fully saturated rings. The summed E-state index contributed by atoms with van der Waals surface area (Å²) in [4.78, 5) is 22.9.